The van der Waals surface area contributed by atoms with Crippen LogP contribution >= 0.6 is 24.0 Å². The first-order chi connectivity index (χ1) is 17.4. The van der Waals surface area contributed by atoms with Crippen molar-refractivity contribution < 1.29 is 14.3 Å². The molecule has 4 rings (SSSR count). The highest BCUT2D eigenvalue weighted by atomic mass is 32.2. The molecule has 0 N–H and O–H groups in total. The molecule has 0 aromatic heterocycles. The van der Waals surface area contributed by atoms with Crippen LogP contribution in [-0.4, -0.2) is 16.8 Å². The first-order valence-corrected chi connectivity index (χ1v) is 13.1. The van der Waals surface area contributed by atoms with Crippen LogP contribution in [0.3, 0.4) is 0 Å². The van der Waals surface area contributed by atoms with Crippen LogP contribution in [0.1, 0.15) is 34.7 Å². The zero-order valence-corrected chi connectivity index (χ0v) is 22.4. The Morgan fingerprint density at radius 1 is 1.03 bits per heavy atom. The fraction of sp³-hybridized carbons (Fsp3) is 0.200. The van der Waals surface area contributed by atoms with E-state index in [4.69, 9.17) is 21.7 Å². The van der Waals surface area contributed by atoms with Crippen molar-refractivity contribution in [3.05, 3.63) is 106 Å². The summed E-state index contributed by atoms with van der Waals surface area (Å²) in [6.07, 6.45) is 4.31. The van der Waals surface area contributed by atoms with E-state index >= 15 is 0 Å². The van der Waals surface area contributed by atoms with E-state index in [1.54, 1.807) is 4.90 Å². The third kappa shape index (κ3) is 5.72. The fourth-order valence-corrected chi connectivity index (χ4v) is 5.24. The van der Waals surface area contributed by atoms with E-state index in [1.807, 2.05) is 93.6 Å². The summed E-state index contributed by atoms with van der Waals surface area (Å²) >= 11 is 6.88. The molecule has 0 aliphatic carbocycles. The van der Waals surface area contributed by atoms with Gasteiger partial charge in [0.15, 0.2) is 15.8 Å². The highest BCUT2D eigenvalue weighted by molar-refractivity contribution is 8.27. The van der Waals surface area contributed by atoms with Crippen molar-refractivity contribution in [2.45, 2.75) is 33.8 Å². The molecule has 36 heavy (non-hydrogen) atoms. The number of hydrogen-bond donors (Lipinski definition) is 0. The number of hydrogen-bond acceptors (Lipinski definition) is 5. The first kappa shape index (κ1) is 25.7. The molecule has 184 valence electrons. The van der Waals surface area contributed by atoms with Crippen LogP contribution in [0.25, 0.3) is 6.08 Å². The molecule has 1 heterocycles. The van der Waals surface area contributed by atoms with Gasteiger partial charge in [-0.25, -0.2) is 0 Å². The number of anilines is 1. The summed E-state index contributed by atoms with van der Waals surface area (Å²) in [4.78, 5) is 15.5. The summed E-state index contributed by atoms with van der Waals surface area (Å²) < 4.78 is 12.7. The van der Waals surface area contributed by atoms with Gasteiger partial charge in [0.2, 0.25) is 0 Å². The summed E-state index contributed by atoms with van der Waals surface area (Å²) in [5, 5.41) is 0. The predicted octanol–water partition coefficient (Wildman–Crippen LogP) is 7.42. The molecular formula is C30H29NO3S2. The standard InChI is InChI=1S/C30H29NO3S2/c1-5-10-24-16-23(17-26(33-6-2)28(24)34-19-22-11-8-7-9-12-22)18-27-29(32)31(30(35)36-27)25-14-13-20(3)21(4)15-25/h5,7-9,11-18H,1,6,10,19H2,2-4H3. The van der Waals surface area contributed by atoms with Crippen LogP contribution in [0, 0.1) is 13.8 Å². The average Bonchev–Trinajstić information content (AvgIpc) is 3.14. The third-order valence-corrected chi connectivity index (χ3v) is 7.19. The lowest BCUT2D eigenvalue weighted by atomic mass is 10.0. The minimum absolute atomic E-state index is 0.124. The van der Waals surface area contributed by atoms with Crippen molar-refractivity contribution in [2.24, 2.45) is 0 Å². The Morgan fingerprint density at radius 2 is 1.81 bits per heavy atom. The van der Waals surface area contributed by atoms with E-state index in [0.29, 0.717) is 40.4 Å². The van der Waals surface area contributed by atoms with Gasteiger partial charge < -0.3 is 9.47 Å². The normalized spacial score (nSPS) is 14.4. The van der Waals surface area contributed by atoms with Gasteiger partial charge in [-0.1, -0.05) is 66.5 Å². The Labute approximate surface area is 222 Å². The number of rotatable bonds is 9. The van der Waals surface area contributed by atoms with Crippen molar-refractivity contribution in [3.63, 3.8) is 0 Å². The second-order valence-corrected chi connectivity index (χ2v) is 10.2. The molecular weight excluding hydrogens is 486 g/mol. The van der Waals surface area contributed by atoms with Crippen molar-refractivity contribution in [2.75, 3.05) is 11.5 Å². The van der Waals surface area contributed by atoms with Crippen LogP contribution in [-0.2, 0) is 17.8 Å². The molecule has 1 aliphatic rings. The summed E-state index contributed by atoms with van der Waals surface area (Å²) in [5.41, 5.74) is 5.95. The van der Waals surface area contributed by atoms with E-state index < -0.39 is 0 Å². The predicted molar refractivity (Wildman–Crippen MR) is 154 cm³/mol. The lowest BCUT2D eigenvalue weighted by molar-refractivity contribution is -0.113. The summed E-state index contributed by atoms with van der Waals surface area (Å²) in [7, 11) is 0. The maximum atomic E-state index is 13.3. The topological polar surface area (TPSA) is 38.8 Å². The number of nitrogens with zero attached hydrogens (tertiary/aromatic N) is 1. The Balaban J connectivity index is 1.67. The molecule has 4 nitrogen and oxygen atoms in total. The third-order valence-electron chi connectivity index (χ3n) is 5.88. The largest absolute Gasteiger partial charge is 0.490 e. The van der Waals surface area contributed by atoms with Gasteiger partial charge in [0.05, 0.1) is 17.2 Å². The quantitative estimate of drug-likeness (QED) is 0.168. The van der Waals surface area contributed by atoms with Crippen molar-refractivity contribution in [1.82, 2.24) is 0 Å². The lowest BCUT2D eigenvalue weighted by Gasteiger charge is -2.17. The lowest BCUT2D eigenvalue weighted by Crippen LogP contribution is -2.27. The van der Waals surface area contributed by atoms with Crippen LogP contribution in [0.4, 0.5) is 5.69 Å². The second kappa shape index (κ2) is 11.6. The maximum Gasteiger partial charge on any atom is 0.270 e. The van der Waals surface area contributed by atoms with Gasteiger partial charge >= 0.3 is 0 Å². The number of thioether (sulfide) groups is 1. The zero-order valence-electron chi connectivity index (χ0n) is 20.7. The Bertz CT molecular complexity index is 1330. The average molecular weight is 516 g/mol. The van der Waals surface area contributed by atoms with E-state index in [9.17, 15) is 4.79 Å². The monoisotopic (exact) mass is 515 g/mol. The molecule has 6 heteroatoms. The molecule has 1 fully saturated rings. The molecule has 3 aromatic carbocycles. The molecule has 0 radical (unpaired) electrons. The molecule has 0 bridgehead atoms. The number of aryl methyl sites for hydroxylation is 2. The Hall–Kier alpha value is -3.35. The number of ether oxygens (including phenoxy) is 2. The first-order valence-electron chi connectivity index (χ1n) is 11.8. The molecule has 0 spiro atoms. The van der Waals surface area contributed by atoms with Gasteiger partial charge in [0.25, 0.3) is 5.91 Å². The summed E-state index contributed by atoms with van der Waals surface area (Å²) in [6, 6.07) is 19.9. The maximum absolute atomic E-state index is 13.3. The van der Waals surface area contributed by atoms with Gasteiger partial charge in [0, 0.05) is 5.56 Å². The van der Waals surface area contributed by atoms with Crippen LogP contribution in [0.5, 0.6) is 11.5 Å². The highest BCUT2D eigenvalue weighted by Gasteiger charge is 2.33. The van der Waals surface area contributed by atoms with Crippen molar-refractivity contribution >= 4 is 46.0 Å². The minimum atomic E-state index is -0.124. The second-order valence-electron chi connectivity index (χ2n) is 8.49. The van der Waals surface area contributed by atoms with E-state index in [1.165, 1.54) is 17.3 Å². The molecule has 1 aliphatic heterocycles. The molecule has 0 unspecified atom stereocenters. The SMILES string of the molecule is C=CCc1cc(C=C2SC(=S)N(c3ccc(C)c(C)c3)C2=O)cc(OCC)c1OCc1ccccc1. The van der Waals surface area contributed by atoms with E-state index in [-0.39, 0.29) is 5.91 Å². The number of carbonyl (C=O) groups excluding carboxylic acids is 1. The van der Waals surface area contributed by atoms with Crippen molar-refractivity contribution in [1.29, 1.82) is 0 Å². The number of amides is 1. The number of allylic oxidation sites excluding steroid dienone is 1. The van der Waals surface area contributed by atoms with Crippen LogP contribution in [0.2, 0.25) is 0 Å². The van der Waals surface area contributed by atoms with Crippen LogP contribution in [0.15, 0.2) is 78.2 Å². The minimum Gasteiger partial charge on any atom is -0.490 e. The number of thiocarbonyl (C=S) groups is 1. The van der Waals surface area contributed by atoms with Crippen LogP contribution < -0.4 is 14.4 Å². The molecule has 1 amide bonds. The van der Waals surface area contributed by atoms with Gasteiger partial charge in [0.1, 0.15) is 6.61 Å². The van der Waals surface area contributed by atoms with Gasteiger partial charge in [-0.05, 0) is 79.8 Å². The smallest absolute Gasteiger partial charge is 0.270 e. The van der Waals surface area contributed by atoms with Crippen molar-refractivity contribution in [3.8, 4) is 11.5 Å². The zero-order chi connectivity index (χ0) is 25.7. The molecule has 0 saturated carbocycles. The van der Waals surface area contributed by atoms with Gasteiger partial charge in [-0.3, -0.25) is 9.69 Å². The molecule has 0 atom stereocenters. The summed E-state index contributed by atoms with van der Waals surface area (Å²) in [5.74, 6) is 1.21. The number of benzene rings is 3. The molecule has 3 aromatic rings. The summed E-state index contributed by atoms with van der Waals surface area (Å²) in [6.45, 7) is 10.9. The van der Waals surface area contributed by atoms with E-state index in [2.05, 4.69) is 6.58 Å². The van der Waals surface area contributed by atoms with Gasteiger partial charge in [-0.2, -0.15) is 0 Å². The molecule has 1 saturated heterocycles. The van der Waals surface area contributed by atoms with E-state index in [0.717, 1.165) is 27.9 Å². The fourth-order valence-electron chi connectivity index (χ4n) is 3.94. The highest BCUT2D eigenvalue weighted by Crippen LogP contribution is 2.39. The Kier molecular flexibility index (Phi) is 8.28. The Morgan fingerprint density at radius 3 is 2.50 bits per heavy atom. The van der Waals surface area contributed by atoms with Gasteiger partial charge in [-0.15, -0.1) is 6.58 Å². The number of carbonyl (C=O) groups is 1.